The van der Waals surface area contributed by atoms with Gasteiger partial charge in [-0.3, -0.25) is 0 Å². The Balaban J connectivity index is 1.74. The van der Waals surface area contributed by atoms with Crippen molar-refractivity contribution < 1.29 is 29.9 Å². The van der Waals surface area contributed by atoms with Crippen LogP contribution in [0.1, 0.15) is 120 Å². The SMILES string of the molecule is CC(C)(NC(=O)OC1CC(C)(C)N([O])C(C)(C)C1)c1cccc(C(C)(C)C(NO)OC2CC(C)(C)N([O])C(C)(C)C2)c1. The number of nitrogens with one attached hydrogen (secondary N) is 2. The van der Waals surface area contributed by atoms with Gasteiger partial charge in [0.05, 0.1) is 11.6 Å². The minimum absolute atomic E-state index is 0.233. The van der Waals surface area contributed by atoms with E-state index in [1.807, 2.05) is 107 Å². The minimum atomic E-state index is -0.772. The third-order valence-corrected chi connectivity index (χ3v) is 9.23. The van der Waals surface area contributed by atoms with Crippen LogP contribution in [0, 0.1) is 0 Å². The molecule has 1 aromatic carbocycles. The quantitative estimate of drug-likeness (QED) is 0.251. The molecule has 1 aromatic rings. The number of ether oxygens (including phenoxy) is 2. The summed E-state index contributed by atoms with van der Waals surface area (Å²) in [6.07, 6.45) is 0.0907. The van der Waals surface area contributed by atoms with Gasteiger partial charge in [-0.25, -0.2) is 4.79 Å². The van der Waals surface area contributed by atoms with Gasteiger partial charge in [0.15, 0.2) is 0 Å². The van der Waals surface area contributed by atoms with Crippen LogP contribution in [0.4, 0.5) is 4.79 Å². The molecule has 2 saturated heterocycles. The normalized spacial score (nSPS) is 24.3. The maximum absolute atomic E-state index is 13.1. The standard InChI is InChI=1S/C32H54N4O6/c1-27(2)17-23(18-28(3,4)35(27)39)41-25(34-38)31(9,10)21-14-13-15-22(16-21)32(11,12)33-26(37)42-24-19-29(5,6)36(40)30(7,8)20-24/h13-16,23-25,34,38H,17-20H2,1-12H3,(H,33,37). The van der Waals surface area contributed by atoms with Gasteiger partial charge in [0.2, 0.25) is 0 Å². The van der Waals surface area contributed by atoms with E-state index in [1.165, 1.54) is 0 Å². The zero-order chi connectivity index (χ0) is 32.1. The van der Waals surface area contributed by atoms with Gasteiger partial charge in [0.25, 0.3) is 0 Å². The highest BCUT2D eigenvalue weighted by Crippen LogP contribution is 2.41. The van der Waals surface area contributed by atoms with Crippen molar-refractivity contribution in [2.45, 2.75) is 160 Å². The van der Waals surface area contributed by atoms with E-state index >= 15 is 0 Å². The summed E-state index contributed by atoms with van der Waals surface area (Å²) in [5, 5.41) is 41.0. The third kappa shape index (κ3) is 7.29. The number of hydrogen-bond acceptors (Lipinski definition) is 7. The maximum atomic E-state index is 13.1. The predicted molar refractivity (Wildman–Crippen MR) is 159 cm³/mol. The van der Waals surface area contributed by atoms with E-state index in [-0.39, 0.29) is 12.2 Å². The Bertz CT molecular complexity index is 1080. The summed E-state index contributed by atoms with van der Waals surface area (Å²) in [6.45, 7) is 23.0. The number of alkyl carbamates (subject to hydrolysis) is 1. The Morgan fingerprint density at radius 3 is 1.71 bits per heavy atom. The van der Waals surface area contributed by atoms with Crippen LogP contribution in [0.3, 0.4) is 0 Å². The second-order valence-electron chi connectivity index (χ2n) is 16.0. The van der Waals surface area contributed by atoms with Gasteiger partial charge in [-0.15, -0.1) is 20.5 Å². The molecule has 1 atom stereocenters. The van der Waals surface area contributed by atoms with Crippen LogP contribution in [-0.2, 0) is 30.8 Å². The number of hydrogen-bond donors (Lipinski definition) is 3. The Hall–Kier alpha value is -1.79. The molecule has 0 aromatic heterocycles. The molecule has 3 rings (SSSR count). The molecule has 42 heavy (non-hydrogen) atoms. The van der Waals surface area contributed by atoms with E-state index in [0.717, 1.165) is 21.3 Å². The molecule has 0 aliphatic carbocycles. The zero-order valence-electron chi connectivity index (χ0n) is 27.8. The van der Waals surface area contributed by atoms with Crippen LogP contribution < -0.4 is 10.8 Å². The molecule has 10 heteroatoms. The van der Waals surface area contributed by atoms with Crippen LogP contribution in [0.5, 0.6) is 0 Å². The molecule has 1 amide bonds. The maximum Gasteiger partial charge on any atom is 0.408 e. The van der Waals surface area contributed by atoms with Crippen molar-refractivity contribution in [1.82, 2.24) is 20.9 Å². The van der Waals surface area contributed by atoms with Crippen molar-refractivity contribution in [2.24, 2.45) is 0 Å². The fourth-order valence-corrected chi connectivity index (χ4v) is 7.05. The first-order valence-electron chi connectivity index (χ1n) is 15.0. The summed E-state index contributed by atoms with van der Waals surface area (Å²) in [4.78, 5) is 13.1. The van der Waals surface area contributed by atoms with Crippen molar-refractivity contribution in [1.29, 1.82) is 0 Å². The van der Waals surface area contributed by atoms with E-state index in [0.29, 0.717) is 25.7 Å². The first kappa shape index (κ1) is 34.7. The number of carbonyl (C=O) groups excluding carboxylic acids is 1. The smallest absolute Gasteiger partial charge is 0.408 e. The number of carbonyl (C=O) groups is 1. The number of hydroxylamine groups is 5. The Morgan fingerprint density at radius 2 is 1.26 bits per heavy atom. The number of piperidine rings is 2. The van der Waals surface area contributed by atoms with Gasteiger partial charge in [-0.05, 0) is 93.2 Å². The van der Waals surface area contributed by atoms with E-state index in [1.54, 1.807) is 0 Å². The van der Waals surface area contributed by atoms with Gasteiger partial charge in [0, 0.05) is 40.4 Å². The monoisotopic (exact) mass is 590 g/mol. The largest absolute Gasteiger partial charge is 0.446 e. The molecule has 1 unspecified atom stereocenters. The highest BCUT2D eigenvalue weighted by molar-refractivity contribution is 5.69. The highest BCUT2D eigenvalue weighted by atomic mass is 16.6. The lowest BCUT2D eigenvalue weighted by molar-refractivity contribution is -0.306. The van der Waals surface area contributed by atoms with Gasteiger partial charge >= 0.3 is 6.09 Å². The lowest BCUT2D eigenvalue weighted by atomic mass is 9.78. The minimum Gasteiger partial charge on any atom is -0.446 e. The topological polar surface area (TPSA) is 126 Å². The van der Waals surface area contributed by atoms with Gasteiger partial charge in [-0.2, -0.15) is 5.48 Å². The Morgan fingerprint density at radius 1 is 0.833 bits per heavy atom. The molecule has 3 N–H and O–H groups in total. The van der Waals surface area contributed by atoms with E-state index in [9.17, 15) is 20.4 Å². The number of nitrogens with zero attached hydrogens (tertiary/aromatic N) is 2. The van der Waals surface area contributed by atoms with Crippen LogP contribution in [-0.4, -0.2) is 62.0 Å². The lowest BCUT2D eigenvalue weighted by Gasteiger charge is -2.50. The molecule has 0 spiro atoms. The molecule has 0 saturated carbocycles. The first-order chi connectivity index (χ1) is 18.9. The zero-order valence-corrected chi connectivity index (χ0v) is 27.8. The molecule has 0 bridgehead atoms. The summed E-state index contributed by atoms with van der Waals surface area (Å²) < 4.78 is 12.3. The third-order valence-electron chi connectivity index (χ3n) is 9.23. The van der Waals surface area contributed by atoms with E-state index in [2.05, 4.69) is 10.8 Å². The summed E-state index contributed by atoms with van der Waals surface area (Å²) >= 11 is 0. The molecular formula is C32H54N4O6. The molecule has 2 aliphatic rings. The van der Waals surface area contributed by atoms with Crippen LogP contribution in [0.25, 0.3) is 0 Å². The van der Waals surface area contributed by atoms with Crippen molar-refractivity contribution in [3.8, 4) is 0 Å². The summed E-state index contributed by atoms with van der Waals surface area (Å²) in [5.41, 5.74) is 0.217. The Kier molecular flexibility index (Phi) is 9.59. The van der Waals surface area contributed by atoms with Crippen molar-refractivity contribution in [3.05, 3.63) is 35.4 Å². The fourth-order valence-electron chi connectivity index (χ4n) is 7.05. The molecule has 2 aliphatic heterocycles. The van der Waals surface area contributed by atoms with Gasteiger partial charge < -0.3 is 20.0 Å². The molecule has 2 fully saturated rings. The van der Waals surface area contributed by atoms with Crippen molar-refractivity contribution in [2.75, 3.05) is 0 Å². The van der Waals surface area contributed by atoms with Crippen molar-refractivity contribution in [3.63, 3.8) is 0 Å². The number of amides is 1. The predicted octanol–water partition coefficient (Wildman–Crippen LogP) is 5.98. The Labute approximate surface area is 252 Å². The summed E-state index contributed by atoms with van der Waals surface area (Å²) in [5.74, 6) is 0. The van der Waals surface area contributed by atoms with Crippen molar-refractivity contribution >= 4 is 6.09 Å². The summed E-state index contributed by atoms with van der Waals surface area (Å²) in [6, 6.07) is 7.84. The number of benzene rings is 1. The van der Waals surface area contributed by atoms with Crippen LogP contribution in [0.15, 0.2) is 24.3 Å². The second-order valence-corrected chi connectivity index (χ2v) is 16.0. The average Bonchev–Trinajstić information content (AvgIpc) is 2.83. The molecule has 10 nitrogen and oxygen atoms in total. The van der Waals surface area contributed by atoms with E-state index < -0.39 is 45.4 Å². The van der Waals surface area contributed by atoms with Gasteiger partial charge in [0.1, 0.15) is 12.3 Å². The lowest BCUT2D eigenvalue weighted by Crippen LogP contribution is -2.61. The van der Waals surface area contributed by atoms with Crippen LogP contribution in [0.2, 0.25) is 0 Å². The molecule has 2 heterocycles. The van der Waals surface area contributed by atoms with Crippen LogP contribution >= 0.6 is 0 Å². The molecule has 238 valence electrons. The van der Waals surface area contributed by atoms with E-state index in [4.69, 9.17) is 9.47 Å². The highest BCUT2D eigenvalue weighted by Gasteiger charge is 2.49. The fraction of sp³-hybridized carbons (Fsp3) is 0.781. The molecular weight excluding hydrogens is 536 g/mol. The van der Waals surface area contributed by atoms with Gasteiger partial charge in [-0.1, -0.05) is 38.1 Å². The average molecular weight is 591 g/mol. The first-order valence-corrected chi connectivity index (χ1v) is 15.0. The summed E-state index contributed by atoms with van der Waals surface area (Å²) in [7, 11) is 0. The number of rotatable bonds is 8. The molecule has 2 radical (unpaired) electrons. The second kappa shape index (κ2) is 11.6.